The van der Waals surface area contributed by atoms with E-state index >= 15 is 0 Å². The molecule has 0 spiro atoms. The molecule has 12 bridgehead atoms. The van der Waals surface area contributed by atoms with Crippen molar-refractivity contribution < 1.29 is 22.2 Å². The van der Waals surface area contributed by atoms with Crippen LogP contribution in [0.5, 0.6) is 0 Å². The zero-order valence-electron chi connectivity index (χ0n) is 24.2. The summed E-state index contributed by atoms with van der Waals surface area (Å²) >= 11 is 2.27. The summed E-state index contributed by atoms with van der Waals surface area (Å²) in [4.78, 5) is 2.42. The van der Waals surface area contributed by atoms with Gasteiger partial charge in [-0.1, -0.05) is 0 Å². The largest absolute Gasteiger partial charge is 0.726 e. The first kappa shape index (κ1) is 26.7. The first-order valence-electron chi connectivity index (χ1n) is 16.8. The van der Waals surface area contributed by atoms with Crippen LogP contribution in [0.3, 0.4) is 0 Å². The normalized spacial score (nSPS) is 51.7. The highest BCUT2D eigenvalue weighted by Gasteiger charge is 2.61. The minimum atomic E-state index is -4.92. The van der Waals surface area contributed by atoms with Gasteiger partial charge in [0.05, 0.1) is 10.3 Å². The number of rotatable bonds is 4. The van der Waals surface area contributed by atoms with Crippen LogP contribution in [0.1, 0.15) is 116 Å². The van der Waals surface area contributed by atoms with Crippen LogP contribution < -0.4 is 4.68 Å². The van der Waals surface area contributed by atoms with Crippen LogP contribution in [0.15, 0.2) is 5.16 Å². The second-order valence-corrected chi connectivity index (χ2v) is 19.3. The van der Waals surface area contributed by atoms with Gasteiger partial charge in [0.1, 0.15) is 11.1 Å². The molecule has 226 valence electrons. The van der Waals surface area contributed by atoms with Crippen LogP contribution >= 0.6 is 11.8 Å². The molecule has 13 rings (SSSR count). The zero-order chi connectivity index (χ0) is 27.8. The first-order chi connectivity index (χ1) is 19.5. The summed E-state index contributed by atoms with van der Waals surface area (Å²) < 4.78 is 36.0. The van der Waals surface area contributed by atoms with Crippen molar-refractivity contribution in [1.82, 2.24) is 15.1 Å². The third-order valence-corrected chi connectivity index (χ3v) is 15.1. The maximum Gasteiger partial charge on any atom is 0.358 e. The predicted octanol–water partition coefficient (Wildman–Crippen LogP) is 5.48. The Hall–Kier alpha value is -0.710. The maximum atomic E-state index is 8.63. The summed E-state index contributed by atoms with van der Waals surface area (Å²) in [5.41, 5.74) is 0.541. The van der Waals surface area contributed by atoms with Gasteiger partial charge in [-0.3, -0.25) is 4.55 Å². The number of aromatic nitrogens is 4. The van der Waals surface area contributed by atoms with E-state index in [4.69, 9.17) is 27.8 Å². The fourth-order valence-electron chi connectivity index (χ4n) is 13.8. The van der Waals surface area contributed by atoms with Crippen molar-refractivity contribution in [2.75, 3.05) is 0 Å². The van der Waals surface area contributed by atoms with Crippen molar-refractivity contribution in [3.8, 4) is 0 Å². The smallest absolute Gasteiger partial charge is 0.358 e. The topological polar surface area (TPSA) is 112 Å². The highest BCUT2D eigenvalue weighted by molar-refractivity contribution is 8.00. The number of nitrogens with zero attached hydrogens (tertiary/aromatic N) is 4. The van der Waals surface area contributed by atoms with Crippen LogP contribution in [0.4, 0.5) is 0 Å². The molecule has 1 N–H and O–H groups in total. The Morgan fingerprint density at radius 2 is 1.02 bits per heavy atom. The number of hydrogen-bond acceptors (Lipinski definition) is 6. The third-order valence-electron chi connectivity index (χ3n) is 13.7. The Morgan fingerprint density at radius 1 is 0.683 bits per heavy atom. The molecule has 12 aliphatic rings. The summed E-state index contributed by atoms with van der Waals surface area (Å²) in [6.45, 7) is 0. The van der Waals surface area contributed by atoms with E-state index in [0.717, 1.165) is 53.3 Å². The fourth-order valence-corrected chi connectivity index (χ4v) is 15.6. The Bertz CT molecular complexity index is 1230. The van der Waals surface area contributed by atoms with E-state index in [1.807, 2.05) is 0 Å². The SMILES string of the molecule is C1C2CC3CC1CC(Sc1nn(C45CC6CC(CC(C6)C4)C5)n[n+]1C14CC5CC(CC(C5)C1)C4)(C2)C3.O=S(=O)([O-])O. The van der Waals surface area contributed by atoms with Crippen molar-refractivity contribution >= 4 is 22.2 Å². The van der Waals surface area contributed by atoms with Gasteiger partial charge in [0.25, 0.3) is 0 Å². The molecular formula is C31H46N4O4S2. The number of hydrogen-bond donors (Lipinski definition) is 1. The lowest BCUT2D eigenvalue weighted by Gasteiger charge is -2.56. The van der Waals surface area contributed by atoms with Crippen LogP contribution in [0.25, 0.3) is 0 Å². The predicted molar refractivity (Wildman–Crippen MR) is 152 cm³/mol. The quantitative estimate of drug-likeness (QED) is 0.276. The molecular weight excluding hydrogens is 556 g/mol. The molecule has 0 radical (unpaired) electrons. The molecule has 0 amide bonds. The van der Waals surface area contributed by atoms with Crippen LogP contribution in [-0.2, 0) is 21.5 Å². The molecule has 12 aliphatic carbocycles. The second kappa shape index (κ2) is 8.94. The zero-order valence-corrected chi connectivity index (χ0v) is 25.8. The van der Waals surface area contributed by atoms with Gasteiger partial charge in [-0.05, 0) is 185 Å². The molecule has 0 unspecified atom stereocenters. The molecule has 0 atom stereocenters. The molecule has 8 nitrogen and oxygen atoms in total. The molecule has 1 aromatic rings. The molecule has 41 heavy (non-hydrogen) atoms. The van der Waals surface area contributed by atoms with Crippen LogP contribution in [0, 0.1) is 53.3 Å². The van der Waals surface area contributed by atoms with Gasteiger partial charge in [0, 0.05) is 4.75 Å². The molecule has 12 saturated carbocycles. The molecule has 1 aromatic heterocycles. The Morgan fingerprint density at radius 3 is 1.41 bits per heavy atom. The monoisotopic (exact) mass is 602 g/mol. The summed E-state index contributed by atoms with van der Waals surface area (Å²) in [6, 6.07) is 0. The minimum absolute atomic E-state index is 0.249. The summed E-state index contributed by atoms with van der Waals surface area (Å²) in [6.07, 6.45) is 26.4. The van der Waals surface area contributed by atoms with E-state index in [-0.39, 0.29) is 5.54 Å². The first-order valence-corrected chi connectivity index (χ1v) is 19.0. The summed E-state index contributed by atoms with van der Waals surface area (Å²) in [7, 11) is -4.92. The third kappa shape index (κ3) is 4.57. The molecule has 0 aliphatic heterocycles. The summed E-state index contributed by atoms with van der Waals surface area (Å²) in [5, 5.41) is 12.7. The highest BCUT2D eigenvalue weighted by atomic mass is 32.3. The Labute approximate surface area is 248 Å². The van der Waals surface area contributed by atoms with Gasteiger partial charge < -0.3 is 4.55 Å². The van der Waals surface area contributed by atoms with Gasteiger partial charge in [0.2, 0.25) is 10.4 Å². The van der Waals surface area contributed by atoms with E-state index in [1.54, 1.807) is 0 Å². The van der Waals surface area contributed by atoms with Gasteiger partial charge >= 0.3 is 5.16 Å². The van der Waals surface area contributed by atoms with Crippen molar-refractivity contribution in [3.63, 3.8) is 0 Å². The molecule has 0 aromatic carbocycles. The maximum absolute atomic E-state index is 8.63. The lowest BCUT2D eigenvalue weighted by molar-refractivity contribution is -0.856. The fraction of sp³-hybridized carbons (Fsp3) is 0.968. The average molecular weight is 603 g/mol. The van der Waals surface area contributed by atoms with Crippen LogP contribution in [-0.4, -0.2) is 37.4 Å². The van der Waals surface area contributed by atoms with Crippen LogP contribution in [0.2, 0.25) is 0 Å². The second-order valence-electron chi connectivity index (χ2n) is 17.0. The number of tetrazole rings is 1. The lowest BCUT2D eigenvalue weighted by Crippen LogP contribution is -2.67. The molecule has 10 heteroatoms. The van der Waals surface area contributed by atoms with E-state index in [0.29, 0.717) is 10.3 Å². The van der Waals surface area contributed by atoms with E-state index < -0.39 is 10.4 Å². The van der Waals surface area contributed by atoms with Gasteiger partial charge in [-0.25, -0.2) is 8.42 Å². The van der Waals surface area contributed by atoms with Gasteiger partial charge in [-0.2, -0.15) is 0 Å². The minimum Gasteiger partial charge on any atom is -0.726 e. The molecule has 1 heterocycles. The Balaban J connectivity index is 0.000000446. The summed E-state index contributed by atoms with van der Waals surface area (Å²) in [5.74, 6) is 8.78. The number of thioether (sulfide) groups is 1. The van der Waals surface area contributed by atoms with Gasteiger partial charge in [-0.15, -0.1) is 4.68 Å². The molecule has 12 fully saturated rings. The molecule has 0 saturated heterocycles. The highest BCUT2D eigenvalue weighted by Crippen LogP contribution is 2.63. The lowest BCUT2D eigenvalue weighted by atomic mass is 9.53. The van der Waals surface area contributed by atoms with E-state index in [2.05, 4.69) is 21.2 Å². The van der Waals surface area contributed by atoms with E-state index in [1.165, 1.54) is 121 Å². The standard InChI is InChI=1S/C31H45N4S.H2O4S/c1-19-2-21-3-20(1)11-29(10-19,12-21)34-28(36-31-16-25-7-26(17-31)9-27(8-25)18-31)32-35(33-34)30-13-22-4-23(14-30)6-24(5-22)15-30;1-5(2,3)4/h19-27H,1-18H2;(H2,1,2,3,4)/q+1;/p-1. The van der Waals surface area contributed by atoms with Crippen molar-refractivity contribution in [1.29, 1.82) is 0 Å². The van der Waals surface area contributed by atoms with Crippen molar-refractivity contribution in [2.45, 2.75) is 137 Å². The van der Waals surface area contributed by atoms with Crippen molar-refractivity contribution in [2.24, 2.45) is 53.3 Å². The van der Waals surface area contributed by atoms with Gasteiger partial charge in [0.15, 0.2) is 0 Å². The van der Waals surface area contributed by atoms with E-state index in [9.17, 15) is 0 Å². The Kier molecular flexibility index (Phi) is 5.81. The van der Waals surface area contributed by atoms with Crippen molar-refractivity contribution in [3.05, 3.63) is 0 Å². The average Bonchev–Trinajstić information content (AvgIpc) is 3.25.